The highest BCUT2D eigenvalue weighted by Gasteiger charge is 2.32. The number of ketones is 1. The van der Waals surface area contributed by atoms with Gasteiger partial charge < -0.3 is 4.74 Å². The molecule has 0 unspecified atom stereocenters. The smallest absolute Gasteiger partial charge is 0.338 e. The van der Waals surface area contributed by atoms with Crippen LogP contribution < -0.4 is 0 Å². The van der Waals surface area contributed by atoms with Gasteiger partial charge in [0.2, 0.25) is 0 Å². The molecule has 0 aliphatic heterocycles. The Morgan fingerprint density at radius 2 is 2.11 bits per heavy atom. The van der Waals surface area contributed by atoms with Gasteiger partial charge in [-0.3, -0.25) is 4.79 Å². The van der Waals surface area contributed by atoms with E-state index in [9.17, 15) is 9.59 Å². The lowest BCUT2D eigenvalue weighted by Gasteiger charge is -2.23. The summed E-state index contributed by atoms with van der Waals surface area (Å²) in [5.74, 6) is -0.972. The summed E-state index contributed by atoms with van der Waals surface area (Å²) in [6.45, 7) is 0. The van der Waals surface area contributed by atoms with Gasteiger partial charge in [-0.05, 0) is 30.2 Å². The van der Waals surface area contributed by atoms with Gasteiger partial charge in [0.05, 0.1) is 11.6 Å². The largest absolute Gasteiger partial charge is 0.450 e. The van der Waals surface area contributed by atoms with Crippen molar-refractivity contribution >= 4 is 11.8 Å². The normalized spacial score (nSPS) is 21.6. The summed E-state index contributed by atoms with van der Waals surface area (Å²) in [5.41, 5.74) is 8.81. The van der Waals surface area contributed by atoms with Gasteiger partial charge in [0.1, 0.15) is 0 Å². The van der Waals surface area contributed by atoms with E-state index in [0.29, 0.717) is 12.0 Å². The Morgan fingerprint density at radius 3 is 2.79 bits per heavy atom. The SMILES string of the molecule is [N-]=[N+]=N[C@@H]1CC=CC(=O)[C@H]1OC(=O)c1ccccc1. The molecule has 1 aromatic rings. The van der Waals surface area contributed by atoms with Crippen LogP contribution in [-0.4, -0.2) is 23.9 Å². The lowest BCUT2D eigenvalue weighted by Crippen LogP contribution is -2.38. The van der Waals surface area contributed by atoms with Gasteiger partial charge in [-0.2, -0.15) is 0 Å². The van der Waals surface area contributed by atoms with E-state index in [4.69, 9.17) is 10.3 Å². The molecule has 1 aliphatic carbocycles. The van der Waals surface area contributed by atoms with Gasteiger partial charge in [0, 0.05) is 4.91 Å². The molecule has 0 N–H and O–H groups in total. The minimum atomic E-state index is -1.05. The van der Waals surface area contributed by atoms with Crippen LogP contribution in [-0.2, 0) is 9.53 Å². The molecule has 19 heavy (non-hydrogen) atoms. The summed E-state index contributed by atoms with van der Waals surface area (Å²) in [4.78, 5) is 26.2. The average Bonchev–Trinajstić information content (AvgIpc) is 2.44. The average molecular weight is 257 g/mol. The van der Waals surface area contributed by atoms with Gasteiger partial charge in [0.15, 0.2) is 11.9 Å². The third-order valence-electron chi connectivity index (χ3n) is 2.73. The zero-order valence-corrected chi connectivity index (χ0v) is 9.97. The van der Waals surface area contributed by atoms with E-state index in [-0.39, 0.29) is 5.78 Å². The molecular weight excluding hydrogens is 246 g/mol. The Morgan fingerprint density at radius 1 is 1.37 bits per heavy atom. The molecule has 1 aromatic carbocycles. The number of carbonyl (C=O) groups excluding carboxylic acids is 2. The summed E-state index contributed by atoms with van der Waals surface area (Å²) in [6.07, 6.45) is 2.28. The van der Waals surface area contributed by atoms with E-state index < -0.39 is 18.1 Å². The molecule has 0 bridgehead atoms. The summed E-state index contributed by atoms with van der Waals surface area (Å²) in [6, 6.07) is 7.67. The second kappa shape index (κ2) is 5.84. The van der Waals surface area contributed by atoms with Gasteiger partial charge in [-0.25, -0.2) is 4.79 Å². The fourth-order valence-electron chi connectivity index (χ4n) is 1.80. The van der Waals surface area contributed by atoms with Crippen LogP contribution in [0.1, 0.15) is 16.8 Å². The van der Waals surface area contributed by atoms with E-state index in [2.05, 4.69) is 10.0 Å². The van der Waals surface area contributed by atoms with Crippen molar-refractivity contribution in [2.24, 2.45) is 5.11 Å². The van der Waals surface area contributed by atoms with Crippen molar-refractivity contribution in [3.63, 3.8) is 0 Å². The number of benzene rings is 1. The zero-order valence-electron chi connectivity index (χ0n) is 9.97. The first kappa shape index (κ1) is 12.9. The number of hydrogen-bond donors (Lipinski definition) is 0. The maximum Gasteiger partial charge on any atom is 0.338 e. The molecule has 2 rings (SSSR count). The van der Waals surface area contributed by atoms with Crippen molar-refractivity contribution in [2.45, 2.75) is 18.6 Å². The number of azide groups is 1. The topological polar surface area (TPSA) is 92.1 Å². The number of nitrogens with zero attached hydrogens (tertiary/aromatic N) is 3. The monoisotopic (exact) mass is 257 g/mol. The maximum atomic E-state index is 11.9. The van der Waals surface area contributed by atoms with E-state index in [1.54, 1.807) is 36.4 Å². The molecule has 0 amide bonds. The lowest BCUT2D eigenvalue weighted by atomic mass is 9.98. The van der Waals surface area contributed by atoms with Crippen LogP contribution in [0.4, 0.5) is 0 Å². The minimum absolute atomic E-state index is 0.351. The van der Waals surface area contributed by atoms with Crippen molar-refractivity contribution < 1.29 is 14.3 Å². The Kier molecular flexibility index (Phi) is 3.95. The van der Waals surface area contributed by atoms with E-state index in [0.717, 1.165) is 0 Å². The van der Waals surface area contributed by atoms with Gasteiger partial charge >= 0.3 is 5.97 Å². The first-order chi connectivity index (χ1) is 9.22. The van der Waals surface area contributed by atoms with Crippen LogP contribution in [0, 0.1) is 0 Å². The molecule has 0 heterocycles. The molecule has 6 nitrogen and oxygen atoms in total. The Hall–Kier alpha value is -2.59. The molecule has 0 radical (unpaired) electrons. The Balaban J connectivity index is 2.16. The van der Waals surface area contributed by atoms with Gasteiger partial charge in [-0.1, -0.05) is 29.4 Å². The second-order valence-corrected chi connectivity index (χ2v) is 4.00. The fraction of sp³-hybridized carbons (Fsp3) is 0.231. The molecule has 0 saturated heterocycles. The van der Waals surface area contributed by atoms with E-state index in [1.807, 2.05) is 0 Å². The maximum absolute atomic E-state index is 11.9. The molecule has 0 fully saturated rings. The number of rotatable bonds is 3. The third-order valence-corrected chi connectivity index (χ3v) is 2.73. The van der Waals surface area contributed by atoms with Crippen LogP contribution in [0.5, 0.6) is 0 Å². The summed E-state index contributed by atoms with van der Waals surface area (Å²) in [7, 11) is 0. The molecular formula is C13H11N3O3. The first-order valence-corrected chi connectivity index (χ1v) is 5.73. The standard InChI is InChI=1S/C13H11N3O3/c14-16-15-10-7-4-8-11(17)12(10)19-13(18)9-5-2-1-3-6-9/h1-6,8,10,12H,7H2/t10-,12+/m1/s1. The highest BCUT2D eigenvalue weighted by atomic mass is 16.5. The first-order valence-electron chi connectivity index (χ1n) is 5.73. The zero-order chi connectivity index (χ0) is 13.7. The summed E-state index contributed by atoms with van der Waals surface area (Å²) < 4.78 is 5.15. The Bertz CT molecular complexity index is 562. The van der Waals surface area contributed by atoms with Crippen molar-refractivity contribution in [1.82, 2.24) is 0 Å². The molecule has 0 spiro atoms. The highest BCUT2D eigenvalue weighted by molar-refractivity contribution is 5.98. The van der Waals surface area contributed by atoms with Crippen LogP contribution in [0.15, 0.2) is 47.6 Å². The quantitative estimate of drug-likeness (QED) is 0.360. The van der Waals surface area contributed by atoms with Crippen molar-refractivity contribution in [3.05, 3.63) is 58.5 Å². The number of ether oxygens (including phenoxy) is 1. The fourth-order valence-corrected chi connectivity index (χ4v) is 1.80. The van der Waals surface area contributed by atoms with Crippen LogP contribution in [0.2, 0.25) is 0 Å². The van der Waals surface area contributed by atoms with Crippen molar-refractivity contribution in [2.75, 3.05) is 0 Å². The van der Waals surface area contributed by atoms with Gasteiger partial charge in [-0.15, -0.1) is 0 Å². The number of esters is 1. The number of hydrogen-bond acceptors (Lipinski definition) is 4. The second-order valence-electron chi connectivity index (χ2n) is 4.00. The highest BCUT2D eigenvalue weighted by Crippen LogP contribution is 2.18. The summed E-state index contributed by atoms with van der Waals surface area (Å²) in [5, 5.41) is 3.49. The molecule has 1 aliphatic rings. The van der Waals surface area contributed by atoms with Crippen molar-refractivity contribution in [3.8, 4) is 0 Å². The van der Waals surface area contributed by atoms with Crippen LogP contribution in [0.25, 0.3) is 10.4 Å². The minimum Gasteiger partial charge on any atom is -0.450 e. The van der Waals surface area contributed by atoms with E-state index >= 15 is 0 Å². The number of carbonyl (C=O) groups is 2. The van der Waals surface area contributed by atoms with Gasteiger partial charge in [0.25, 0.3) is 0 Å². The van der Waals surface area contributed by atoms with E-state index in [1.165, 1.54) is 6.08 Å². The third kappa shape index (κ3) is 3.00. The predicted molar refractivity (Wildman–Crippen MR) is 67.3 cm³/mol. The van der Waals surface area contributed by atoms with Crippen LogP contribution >= 0.6 is 0 Å². The van der Waals surface area contributed by atoms with Crippen molar-refractivity contribution in [1.29, 1.82) is 0 Å². The molecule has 0 saturated carbocycles. The Labute approximate surface area is 109 Å². The molecule has 96 valence electrons. The molecule has 0 aromatic heterocycles. The lowest BCUT2D eigenvalue weighted by molar-refractivity contribution is -0.124. The predicted octanol–water partition coefficient (Wildman–Crippen LogP) is 2.42. The summed E-state index contributed by atoms with van der Waals surface area (Å²) >= 11 is 0. The van der Waals surface area contributed by atoms with Crippen LogP contribution in [0.3, 0.4) is 0 Å². The molecule has 2 atom stereocenters. The molecule has 6 heteroatoms.